The van der Waals surface area contributed by atoms with Crippen molar-refractivity contribution in [1.29, 1.82) is 0 Å². The molecule has 1 aliphatic rings. The molecule has 0 saturated heterocycles. The Kier molecular flexibility index (Phi) is 3.11. The summed E-state index contributed by atoms with van der Waals surface area (Å²) in [5.41, 5.74) is 9.92. The van der Waals surface area contributed by atoms with Crippen LogP contribution in [0.3, 0.4) is 0 Å². The number of halogens is 2. The Hall–Kier alpha value is -1.32. The van der Waals surface area contributed by atoms with Crippen molar-refractivity contribution in [2.45, 2.75) is 32.2 Å². The molecule has 2 aromatic rings. The van der Waals surface area contributed by atoms with Crippen LogP contribution < -0.4 is 5.73 Å². The number of aryl methyl sites for hydroxylation is 1. The fraction of sp³-hybridized carbons (Fsp3) is 0.333. The third kappa shape index (κ3) is 2.07. The fourth-order valence-corrected chi connectivity index (χ4v) is 3.10. The smallest absolute Gasteiger partial charge is 0.147 e. The molecule has 2 nitrogen and oxygen atoms in total. The van der Waals surface area contributed by atoms with Crippen molar-refractivity contribution >= 4 is 11.6 Å². The highest BCUT2D eigenvalue weighted by Gasteiger charge is 2.23. The van der Waals surface area contributed by atoms with Gasteiger partial charge in [-0.1, -0.05) is 11.6 Å². The Bertz CT molecular complexity index is 633. The molecule has 0 fully saturated rings. The van der Waals surface area contributed by atoms with E-state index in [1.54, 1.807) is 12.1 Å². The molecular weight excluding hydrogens is 263 g/mol. The molecule has 1 atom stereocenters. The first-order valence-electron chi connectivity index (χ1n) is 6.50. The largest absolute Gasteiger partial charge is 0.324 e. The first-order chi connectivity index (χ1) is 9.08. The van der Waals surface area contributed by atoms with Crippen LogP contribution in [0.25, 0.3) is 5.69 Å². The predicted octanol–water partition coefficient (Wildman–Crippen LogP) is 3.91. The molecule has 4 heteroatoms. The lowest BCUT2D eigenvalue weighted by molar-refractivity contribution is 0.555. The van der Waals surface area contributed by atoms with Gasteiger partial charge in [-0.25, -0.2) is 4.39 Å². The molecule has 1 unspecified atom stereocenters. The van der Waals surface area contributed by atoms with Gasteiger partial charge >= 0.3 is 0 Å². The molecular formula is C15H16ClFN2. The molecule has 1 heterocycles. The Labute approximate surface area is 117 Å². The Balaban J connectivity index is 2.23. The molecule has 1 aliphatic carbocycles. The van der Waals surface area contributed by atoms with Crippen LogP contribution in [0.1, 0.15) is 35.8 Å². The monoisotopic (exact) mass is 278 g/mol. The highest BCUT2D eigenvalue weighted by Crippen LogP contribution is 2.33. The van der Waals surface area contributed by atoms with E-state index in [2.05, 4.69) is 6.07 Å². The van der Waals surface area contributed by atoms with Crippen molar-refractivity contribution in [2.75, 3.05) is 0 Å². The van der Waals surface area contributed by atoms with Crippen LogP contribution in [0.15, 0.2) is 24.3 Å². The van der Waals surface area contributed by atoms with Crippen LogP contribution in [0.5, 0.6) is 0 Å². The van der Waals surface area contributed by atoms with Gasteiger partial charge < -0.3 is 10.3 Å². The van der Waals surface area contributed by atoms with Crippen molar-refractivity contribution in [3.05, 3.63) is 52.1 Å². The van der Waals surface area contributed by atoms with Crippen LogP contribution in [0, 0.1) is 12.7 Å². The third-order valence-electron chi connectivity index (χ3n) is 3.80. The zero-order valence-corrected chi connectivity index (χ0v) is 11.5. The summed E-state index contributed by atoms with van der Waals surface area (Å²) in [7, 11) is 0. The minimum Gasteiger partial charge on any atom is -0.324 e. The summed E-state index contributed by atoms with van der Waals surface area (Å²) in [4.78, 5) is 0. The van der Waals surface area contributed by atoms with E-state index in [0.717, 1.165) is 36.2 Å². The minimum atomic E-state index is -0.259. The maximum absolute atomic E-state index is 14.1. The minimum absolute atomic E-state index is 0.0611. The van der Waals surface area contributed by atoms with Gasteiger partial charge in [-0.3, -0.25) is 0 Å². The maximum Gasteiger partial charge on any atom is 0.147 e. The van der Waals surface area contributed by atoms with Gasteiger partial charge in [0.2, 0.25) is 0 Å². The van der Waals surface area contributed by atoms with Gasteiger partial charge in [0, 0.05) is 22.5 Å². The quantitative estimate of drug-likeness (QED) is 0.842. The summed E-state index contributed by atoms with van der Waals surface area (Å²) in [6, 6.07) is 6.78. The molecule has 0 radical (unpaired) electrons. The Morgan fingerprint density at radius 3 is 2.95 bits per heavy atom. The van der Waals surface area contributed by atoms with E-state index in [9.17, 15) is 4.39 Å². The second-order valence-electron chi connectivity index (χ2n) is 5.12. The first-order valence-corrected chi connectivity index (χ1v) is 6.88. The second kappa shape index (κ2) is 4.66. The first kappa shape index (κ1) is 12.7. The molecule has 0 aliphatic heterocycles. The molecule has 1 aromatic carbocycles. The van der Waals surface area contributed by atoms with Gasteiger partial charge in [-0.05, 0) is 56.0 Å². The van der Waals surface area contributed by atoms with Crippen LogP contribution in [-0.4, -0.2) is 4.57 Å². The molecule has 1 aromatic heterocycles. The van der Waals surface area contributed by atoms with Gasteiger partial charge in [0.1, 0.15) is 5.82 Å². The van der Waals surface area contributed by atoms with E-state index in [-0.39, 0.29) is 11.9 Å². The number of nitrogens with two attached hydrogens (primary N) is 1. The summed E-state index contributed by atoms with van der Waals surface area (Å²) in [5.74, 6) is -0.259. The van der Waals surface area contributed by atoms with E-state index in [4.69, 9.17) is 17.3 Å². The number of rotatable bonds is 1. The molecule has 0 amide bonds. The number of hydrogen-bond acceptors (Lipinski definition) is 1. The molecule has 19 heavy (non-hydrogen) atoms. The van der Waals surface area contributed by atoms with E-state index < -0.39 is 0 Å². The van der Waals surface area contributed by atoms with Crippen LogP contribution >= 0.6 is 11.6 Å². The number of nitrogens with zero attached hydrogens (tertiary/aromatic N) is 1. The fourth-order valence-electron chi connectivity index (χ4n) is 2.93. The van der Waals surface area contributed by atoms with Gasteiger partial charge in [0.25, 0.3) is 0 Å². The lowest BCUT2D eigenvalue weighted by Crippen LogP contribution is -2.18. The molecule has 0 saturated carbocycles. The average Bonchev–Trinajstić information content (AvgIpc) is 2.70. The lowest BCUT2D eigenvalue weighted by atomic mass is 9.93. The van der Waals surface area contributed by atoms with Gasteiger partial charge in [0.15, 0.2) is 0 Å². The summed E-state index contributed by atoms with van der Waals surface area (Å²) < 4.78 is 16.0. The maximum atomic E-state index is 14.1. The molecule has 0 bridgehead atoms. The standard InChI is InChI=1S/C15H16ClFN2/c1-9-7-11-13(18)3-2-4-14(11)19(9)15-8-10(16)5-6-12(15)17/h5-8,13H,2-4,18H2,1H3. The summed E-state index contributed by atoms with van der Waals surface area (Å²) in [6.07, 6.45) is 2.97. The van der Waals surface area contributed by atoms with Gasteiger partial charge in [-0.15, -0.1) is 0 Å². The molecule has 100 valence electrons. The van der Waals surface area contributed by atoms with Gasteiger partial charge in [0.05, 0.1) is 5.69 Å². The second-order valence-corrected chi connectivity index (χ2v) is 5.55. The van der Waals surface area contributed by atoms with Crippen molar-refractivity contribution in [3.8, 4) is 5.69 Å². The number of benzene rings is 1. The summed E-state index contributed by atoms with van der Waals surface area (Å²) in [6.45, 7) is 1.98. The SMILES string of the molecule is Cc1cc2c(n1-c1cc(Cl)ccc1F)CCCC2N. The Morgan fingerprint density at radius 1 is 1.37 bits per heavy atom. The molecule has 2 N–H and O–H groups in total. The third-order valence-corrected chi connectivity index (χ3v) is 4.03. The van der Waals surface area contributed by atoms with Gasteiger partial charge in [-0.2, -0.15) is 0 Å². The van der Waals surface area contributed by atoms with Crippen molar-refractivity contribution < 1.29 is 4.39 Å². The molecule has 0 spiro atoms. The topological polar surface area (TPSA) is 30.9 Å². The summed E-state index contributed by atoms with van der Waals surface area (Å²) in [5, 5.41) is 0.540. The highest BCUT2D eigenvalue weighted by atomic mass is 35.5. The number of fused-ring (bicyclic) bond motifs is 1. The molecule has 3 rings (SSSR count). The lowest BCUT2D eigenvalue weighted by Gasteiger charge is -2.21. The van der Waals surface area contributed by atoms with Crippen LogP contribution in [0.2, 0.25) is 5.02 Å². The van der Waals surface area contributed by atoms with E-state index in [1.165, 1.54) is 6.07 Å². The van der Waals surface area contributed by atoms with Crippen molar-refractivity contribution in [1.82, 2.24) is 4.57 Å². The normalized spacial score (nSPS) is 18.4. The average molecular weight is 279 g/mol. The van der Waals surface area contributed by atoms with Crippen molar-refractivity contribution in [3.63, 3.8) is 0 Å². The summed E-state index contributed by atoms with van der Waals surface area (Å²) >= 11 is 5.99. The van der Waals surface area contributed by atoms with E-state index >= 15 is 0 Å². The zero-order chi connectivity index (χ0) is 13.6. The number of aromatic nitrogens is 1. The van der Waals surface area contributed by atoms with Crippen LogP contribution in [0.4, 0.5) is 4.39 Å². The van der Waals surface area contributed by atoms with E-state index in [1.807, 2.05) is 11.5 Å². The van der Waals surface area contributed by atoms with Crippen molar-refractivity contribution in [2.24, 2.45) is 5.73 Å². The van der Waals surface area contributed by atoms with E-state index in [0.29, 0.717) is 10.7 Å². The van der Waals surface area contributed by atoms with Crippen LogP contribution in [-0.2, 0) is 6.42 Å². The number of hydrogen-bond donors (Lipinski definition) is 1. The highest BCUT2D eigenvalue weighted by molar-refractivity contribution is 6.30. The Morgan fingerprint density at radius 2 is 2.16 bits per heavy atom. The zero-order valence-electron chi connectivity index (χ0n) is 10.8. The predicted molar refractivity (Wildman–Crippen MR) is 75.3 cm³/mol.